The Morgan fingerprint density at radius 1 is 1.43 bits per heavy atom. The quantitative estimate of drug-likeness (QED) is 0.599. The van der Waals surface area contributed by atoms with Crippen molar-refractivity contribution in [2.45, 2.75) is 19.9 Å². The van der Waals surface area contributed by atoms with Gasteiger partial charge in [0, 0.05) is 12.1 Å². The highest BCUT2D eigenvalue weighted by molar-refractivity contribution is 5.82. The highest BCUT2D eigenvalue weighted by atomic mass is 16.6. The van der Waals surface area contributed by atoms with Gasteiger partial charge in [0.15, 0.2) is 6.61 Å². The first kappa shape index (κ1) is 16.4. The van der Waals surface area contributed by atoms with Crippen LogP contribution in [0.2, 0.25) is 0 Å². The van der Waals surface area contributed by atoms with Gasteiger partial charge >= 0.3 is 5.97 Å². The Kier molecular flexibility index (Phi) is 5.65. The van der Waals surface area contributed by atoms with Gasteiger partial charge in [-0.3, -0.25) is 19.7 Å². The average Bonchev–Trinajstić information content (AvgIpc) is 2.42. The van der Waals surface area contributed by atoms with Gasteiger partial charge in [-0.2, -0.15) is 0 Å². The van der Waals surface area contributed by atoms with Gasteiger partial charge in [0.05, 0.1) is 11.0 Å². The van der Waals surface area contributed by atoms with Crippen LogP contribution in [0, 0.1) is 10.1 Å². The summed E-state index contributed by atoms with van der Waals surface area (Å²) in [4.78, 5) is 33.8. The van der Waals surface area contributed by atoms with Gasteiger partial charge in [-0.25, -0.2) is 0 Å². The summed E-state index contributed by atoms with van der Waals surface area (Å²) in [5, 5.41) is 19.4. The van der Waals surface area contributed by atoms with E-state index in [9.17, 15) is 19.7 Å². The number of hydrogen-bond donors (Lipinski definition) is 1. The Bertz CT molecular complexity index is 543. The second kappa shape index (κ2) is 7.22. The number of nitro groups is 1. The normalized spacial score (nSPS) is 10.2. The molecular formula is C13H16N2O6. The van der Waals surface area contributed by atoms with Crippen LogP contribution in [-0.4, -0.2) is 46.0 Å². The molecule has 1 N–H and O–H groups in total. The minimum absolute atomic E-state index is 0.147. The number of amides is 1. The molecule has 0 spiro atoms. The Labute approximate surface area is 121 Å². The molecule has 8 heteroatoms. The fourth-order valence-corrected chi connectivity index (χ4v) is 1.62. The molecule has 0 aliphatic rings. The van der Waals surface area contributed by atoms with E-state index in [0.717, 1.165) is 4.90 Å². The molecule has 0 fully saturated rings. The molecule has 0 aromatic heterocycles. The molecule has 0 unspecified atom stereocenters. The Hall–Kier alpha value is -2.64. The molecule has 1 aromatic rings. The molecule has 0 saturated heterocycles. The molecular weight excluding hydrogens is 280 g/mol. The number of nitro benzene ring substituents is 1. The van der Waals surface area contributed by atoms with Crippen molar-refractivity contribution in [1.82, 2.24) is 4.90 Å². The van der Waals surface area contributed by atoms with Crippen molar-refractivity contribution in [1.29, 1.82) is 0 Å². The molecule has 8 nitrogen and oxygen atoms in total. The van der Waals surface area contributed by atoms with E-state index in [1.807, 2.05) is 0 Å². The summed E-state index contributed by atoms with van der Waals surface area (Å²) in [5.74, 6) is -1.44. The number of benzene rings is 1. The minimum Gasteiger partial charge on any atom is -0.484 e. The van der Waals surface area contributed by atoms with Crippen LogP contribution >= 0.6 is 0 Å². The summed E-state index contributed by atoms with van der Waals surface area (Å²) in [6.45, 7) is 2.57. The highest BCUT2D eigenvalue weighted by Gasteiger charge is 2.20. The van der Waals surface area contributed by atoms with Crippen LogP contribution in [0.25, 0.3) is 0 Å². The van der Waals surface area contributed by atoms with Gasteiger partial charge in [-0.1, -0.05) is 6.07 Å². The van der Waals surface area contributed by atoms with E-state index < -0.39 is 23.3 Å². The maximum absolute atomic E-state index is 11.9. The summed E-state index contributed by atoms with van der Waals surface area (Å²) in [6, 6.07) is 5.14. The zero-order valence-corrected chi connectivity index (χ0v) is 11.7. The van der Waals surface area contributed by atoms with E-state index in [-0.39, 0.29) is 24.1 Å². The second-order valence-corrected chi connectivity index (χ2v) is 4.55. The maximum Gasteiger partial charge on any atom is 0.323 e. The lowest BCUT2D eigenvalue weighted by Gasteiger charge is -2.24. The SMILES string of the molecule is CC(C)N(CC(=O)O)C(=O)COc1cccc([N+](=O)[O-])c1. The van der Waals surface area contributed by atoms with E-state index in [1.54, 1.807) is 13.8 Å². The summed E-state index contributed by atoms with van der Waals surface area (Å²) < 4.78 is 5.18. The number of carbonyl (C=O) groups excluding carboxylic acids is 1. The monoisotopic (exact) mass is 296 g/mol. The standard InChI is InChI=1S/C13H16N2O6/c1-9(2)14(7-13(17)18)12(16)8-21-11-5-3-4-10(6-11)15(19)20/h3-6,9H,7-8H2,1-2H3,(H,17,18). The lowest BCUT2D eigenvalue weighted by atomic mass is 10.3. The number of carboxylic acid groups (broad SMARTS) is 1. The molecule has 21 heavy (non-hydrogen) atoms. The zero-order chi connectivity index (χ0) is 16.0. The van der Waals surface area contributed by atoms with E-state index in [4.69, 9.17) is 9.84 Å². The number of aliphatic carboxylic acids is 1. The van der Waals surface area contributed by atoms with Gasteiger partial charge in [-0.15, -0.1) is 0 Å². The molecule has 0 saturated carbocycles. The van der Waals surface area contributed by atoms with Crippen LogP contribution in [-0.2, 0) is 9.59 Å². The van der Waals surface area contributed by atoms with Crippen LogP contribution < -0.4 is 4.74 Å². The third-order valence-electron chi connectivity index (χ3n) is 2.64. The number of ether oxygens (including phenoxy) is 1. The van der Waals surface area contributed by atoms with Crippen LogP contribution in [0.3, 0.4) is 0 Å². The molecule has 0 aliphatic heterocycles. The molecule has 0 radical (unpaired) electrons. The summed E-state index contributed by atoms with van der Waals surface area (Å²) in [5.41, 5.74) is -0.147. The van der Waals surface area contributed by atoms with Crippen molar-refractivity contribution in [2.75, 3.05) is 13.2 Å². The lowest BCUT2D eigenvalue weighted by Crippen LogP contribution is -2.43. The van der Waals surface area contributed by atoms with Crippen LogP contribution in [0.15, 0.2) is 24.3 Å². The summed E-state index contributed by atoms with van der Waals surface area (Å²) in [7, 11) is 0. The molecule has 0 atom stereocenters. The molecule has 114 valence electrons. The fourth-order valence-electron chi connectivity index (χ4n) is 1.62. The van der Waals surface area contributed by atoms with Crippen molar-refractivity contribution < 1.29 is 24.4 Å². The topological polar surface area (TPSA) is 110 Å². The first-order valence-electron chi connectivity index (χ1n) is 6.19. The first-order valence-corrected chi connectivity index (χ1v) is 6.19. The van der Waals surface area contributed by atoms with Gasteiger partial charge in [0.1, 0.15) is 12.3 Å². The van der Waals surface area contributed by atoms with Crippen LogP contribution in [0.4, 0.5) is 5.69 Å². The van der Waals surface area contributed by atoms with Gasteiger partial charge in [0.2, 0.25) is 0 Å². The van der Waals surface area contributed by atoms with Gasteiger partial charge in [-0.05, 0) is 19.9 Å². The Balaban J connectivity index is 2.68. The fraction of sp³-hybridized carbons (Fsp3) is 0.385. The van der Waals surface area contributed by atoms with E-state index in [2.05, 4.69) is 0 Å². The van der Waals surface area contributed by atoms with Gasteiger partial charge < -0.3 is 14.7 Å². The Morgan fingerprint density at radius 2 is 2.10 bits per heavy atom. The summed E-state index contributed by atoms with van der Waals surface area (Å²) >= 11 is 0. The van der Waals surface area contributed by atoms with Gasteiger partial charge in [0.25, 0.3) is 11.6 Å². The average molecular weight is 296 g/mol. The van der Waals surface area contributed by atoms with Crippen molar-refractivity contribution >= 4 is 17.6 Å². The number of carboxylic acids is 1. The van der Waals surface area contributed by atoms with Crippen molar-refractivity contribution in [2.24, 2.45) is 0 Å². The first-order chi connectivity index (χ1) is 9.81. The number of non-ortho nitro benzene ring substituents is 1. The van der Waals surface area contributed by atoms with Crippen molar-refractivity contribution in [3.63, 3.8) is 0 Å². The molecule has 0 bridgehead atoms. The van der Waals surface area contributed by atoms with E-state index in [0.29, 0.717) is 0 Å². The molecule has 1 rings (SSSR count). The van der Waals surface area contributed by atoms with E-state index in [1.165, 1.54) is 24.3 Å². The van der Waals surface area contributed by atoms with E-state index >= 15 is 0 Å². The molecule has 1 amide bonds. The minimum atomic E-state index is -1.12. The Morgan fingerprint density at radius 3 is 2.62 bits per heavy atom. The predicted molar refractivity (Wildman–Crippen MR) is 73.1 cm³/mol. The van der Waals surface area contributed by atoms with Crippen molar-refractivity contribution in [3.05, 3.63) is 34.4 Å². The number of nitrogens with zero attached hydrogens (tertiary/aromatic N) is 2. The molecule has 0 heterocycles. The van der Waals surface area contributed by atoms with Crippen LogP contribution in [0.1, 0.15) is 13.8 Å². The van der Waals surface area contributed by atoms with Crippen molar-refractivity contribution in [3.8, 4) is 5.75 Å². The maximum atomic E-state index is 11.9. The third-order valence-corrected chi connectivity index (χ3v) is 2.64. The second-order valence-electron chi connectivity index (χ2n) is 4.55. The highest BCUT2D eigenvalue weighted by Crippen LogP contribution is 2.19. The molecule has 1 aromatic carbocycles. The largest absolute Gasteiger partial charge is 0.484 e. The predicted octanol–water partition coefficient (Wildman–Crippen LogP) is 1.30. The zero-order valence-electron chi connectivity index (χ0n) is 11.7. The third kappa shape index (κ3) is 5.09. The summed E-state index contributed by atoms with van der Waals surface area (Å²) in [6.07, 6.45) is 0. The smallest absolute Gasteiger partial charge is 0.323 e. The number of hydrogen-bond acceptors (Lipinski definition) is 5. The molecule has 0 aliphatic carbocycles. The lowest BCUT2D eigenvalue weighted by molar-refractivity contribution is -0.384. The van der Waals surface area contributed by atoms with Crippen LogP contribution in [0.5, 0.6) is 5.75 Å². The number of carbonyl (C=O) groups is 2. The number of rotatable bonds is 7.